The molecule has 3 nitrogen and oxygen atoms in total. The summed E-state index contributed by atoms with van der Waals surface area (Å²) in [4.78, 5) is 0.895. The van der Waals surface area contributed by atoms with Crippen LogP contribution in [0.4, 0.5) is 0 Å². The summed E-state index contributed by atoms with van der Waals surface area (Å²) in [5.41, 5.74) is 0. The van der Waals surface area contributed by atoms with Gasteiger partial charge in [0, 0.05) is 18.0 Å². The molecule has 110 valence electrons. The summed E-state index contributed by atoms with van der Waals surface area (Å²) in [6.45, 7) is 5.35. The molecule has 1 aromatic heterocycles. The summed E-state index contributed by atoms with van der Waals surface area (Å²) in [7, 11) is -3.34. The van der Waals surface area contributed by atoms with Gasteiger partial charge in [0.25, 0.3) is 10.0 Å². The number of rotatable bonds is 9. The first-order valence-corrected chi connectivity index (χ1v) is 9.50. The Morgan fingerprint density at radius 2 is 1.74 bits per heavy atom. The molecule has 0 fully saturated rings. The minimum absolute atomic E-state index is 0.365. The quantitative estimate of drug-likeness (QED) is 0.642. The Bertz CT molecular complexity index is 463. The molecule has 0 aliphatic heterocycles. The standard InChI is InChI=1S/C13H22ClNO2S2/c1-3-5-9-15(10-6-4-2)19(16,17)13-8-7-12(11-14)18-13/h7-8H,3-6,9-11H2,1-2H3. The van der Waals surface area contributed by atoms with Crippen LogP contribution in [0.25, 0.3) is 0 Å². The van der Waals surface area contributed by atoms with Crippen LogP contribution in [0.2, 0.25) is 0 Å². The SMILES string of the molecule is CCCCN(CCCC)S(=O)(=O)c1ccc(CCl)s1. The third-order valence-electron chi connectivity index (χ3n) is 2.88. The van der Waals surface area contributed by atoms with Crippen molar-refractivity contribution < 1.29 is 8.42 Å². The molecule has 0 aliphatic carbocycles. The lowest BCUT2D eigenvalue weighted by Crippen LogP contribution is -2.32. The van der Waals surface area contributed by atoms with Gasteiger partial charge in [-0.2, -0.15) is 4.31 Å². The summed E-state index contributed by atoms with van der Waals surface area (Å²) in [5, 5.41) is 0. The second kappa shape index (κ2) is 8.25. The molecule has 0 saturated heterocycles. The summed E-state index contributed by atoms with van der Waals surface area (Å²) < 4.78 is 27.2. The molecule has 1 heterocycles. The minimum Gasteiger partial charge on any atom is -0.206 e. The molecule has 0 radical (unpaired) electrons. The maximum Gasteiger partial charge on any atom is 0.252 e. The molecule has 0 N–H and O–H groups in total. The summed E-state index contributed by atoms with van der Waals surface area (Å²) in [6.07, 6.45) is 3.79. The molecular formula is C13H22ClNO2S2. The van der Waals surface area contributed by atoms with Crippen molar-refractivity contribution in [3.63, 3.8) is 0 Å². The van der Waals surface area contributed by atoms with Crippen LogP contribution in [0, 0.1) is 0 Å². The number of sulfonamides is 1. The van der Waals surface area contributed by atoms with E-state index in [1.54, 1.807) is 16.4 Å². The molecule has 1 rings (SSSR count). The predicted octanol–water partition coefficient (Wildman–Crippen LogP) is 4.08. The molecule has 0 bridgehead atoms. The van der Waals surface area contributed by atoms with Crippen molar-refractivity contribution in [1.82, 2.24) is 4.31 Å². The molecule has 0 spiro atoms. The average molecular weight is 324 g/mol. The van der Waals surface area contributed by atoms with E-state index >= 15 is 0 Å². The second-order valence-corrected chi connectivity index (χ2v) is 8.07. The highest BCUT2D eigenvalue weighted by Gasteiger charge is 2.25. The highest BCUT2D eigenvalue weighted by Crippen LogP contribution is 2.26. The van der Waals surface area contributed by atoms with E-state index in [2.05, 4.69) is 13.8 Å². The first kappa shape index (κ1) is 17.0. The van der Waals surface area contributed by atoms with Gasteiger partial charge in [0.15, 0.2) is 0 Å². The molecule has 1 aromatic rings. The lowest BCUT2D eigenvalue weighted by atomic mass is 10.3. The highest BCUT2D eigenvalue weighted by atomic mass is 35.5. The van der Waals surface area contributed by atoms with Crippen molar-refractivity contribution in [2.45, 2.75) is 49.6 Å². The van der Waals surface area contributed by atoms with Gasteiger partial charge in [-0.25, -0.2) is 8.42 Å². The second-order valence-electron chi connectivity index (χ2n) is 4.47. The average Bonchev–Trinajstić information content (AvgIpc) is 2.88. The fraction of sp³-hybridized carbons (Fsp3) is 0.692. The van der Waals surface area contributed by atoms with Crippen LogP contribution in [-0.4, -0.2) is 25.8 Å². The van der Waals surface area contributed by atoms with Crippen LogP contribution in [-0.2, 0) is 15.9 Å². The molecule has 0 atom stereocenters. The maximum atomic E-state index is 12.6. The Hall–Kier alpha value is -0.100. The van der Waals surface area contributed by atoms with E-state index in [-0.39, 0.29) is 0 Å². The van der Waals surface area contributed by atoms with E-state index in [9.17, 15) is 8.42 Å². The lowest BCUT2D eigenvalue weighted by molar-refractivity contribution is 0.396. The first-order chi connectivity index (χ1) is 9.06. The number of halogens is 1. The molecule has 6 heteroatoms. The maximum absolute atomic E-state index is 12.6. The fourth-order valence-electron chi connectivity index (χ4n) is 1.72. The van der Waals surface area contributed by atoms with Gasteiger partial charge in [-0.3, -0.25) is 0 Å². The fourth-order valence-corrected chi connectivity index (χ4v) is 4.85. The molecule has 19 heavy (non-hydrogen) atoms. The number of hydrogen-bond acceptors (Lipinski definition) is 3. The van der Waals surface area contributed by atoms with Crippen LogP contribution in [0.3, 0.4) is 0 Å². The van der Waals surface area contributed by atoms with Crippen LogP contribution in [0.15, 0.2) is 16.3 Å². The number of unbranched alkanes of at least 4 members (excludes halogenated alkanes) is 2. The van der Waals surface area contributed by atoms with Crippen LogP contribution in [0.1, 0.15) is 44.4 Å². The van der Waals surface area contributed by atoms with Crippen LogP contribution < -0.4 is 0 Å². The van der Waals surface area contributed by atoms with Crippen molar-refractivity contribution in [1.29, 1.82) is 0 Å². The zero-order valence-corrected chi connectivity index (χ0v) is 14.0. The predicted molar refractivity (Wildman–Crippen MR) is 82.5 cm³/mol. The number of thiophene rings is 1. The summed E-state index contributed by atoms with van der Waals surface area (Å²) in [5.74, 6) is 0.365. The monoisotopic (exact) mass is 323 g/mol. The van der Waals surface area contributed by atoms with E-state index < -0.39 is 10.0 Å². The lowest BCUT2D eigenvalue weighted by Gasteiger charge is -2.20. The molecule has 0 aliphatic rings. The van der Waals surface area contributed by atoms with Gasteiger partial charge >= 0.3 is 0 Å². The van der Waals surface area contributed by atoms with Gasteiger partial charge in [0.1, 0.15) is 4.21 Å². The van der Waals surface area contributed by atoms with E-state index in [0.29, 0.717) is 23.2 Å². The molecule has 0 amide bonds. The van der Waals surface area contributed by atoms with Crippen molar-refractivity contribution in [2.75, 3.05) is 13.1 Å². The Kier molecular flexibility index (Phi) is 7.36. The summed E-state index contributed by atoms with van der Waals surface area (Å²) >= 11 is 7.01. The topological polar surface area (TPSA) is 37.4 Å². The number of alkyl halides is 1. The van der Waals surface area contributed by atoms with Crippen molar-refractivity contribution in [3.8, 4) is 0 Å². The Balaban J connectivity index is 2.90. The number of nitrogens with zero attached hydrogens (tertiary/aromatic N) is 1. The van der Waals surface area contributed by atoms with Gasteiger partial charge in [-0.15, -0.1) is 22.9 Å². The Labute approximate surface area is 125 Å². The minimum atomic E-state index is -3.34. The van der Waals surface area contributed by atoms with E-state index in [1.807, 2.05) is 0 Å². The van der Waals surface area contributed by atoms with Crippen LogP contribution >= 0.6 is 22.9 Å². The number of hydrogen-bond donors (Lipinski definition) is 0. The summed E-state index contributed by atoms with van der Waals surface area (Å²) in [6, 6.07) is 3.46. The van der Waals surface area contributed by atoms with Gasteiger partial charge in [-0.05, 0) is 25.0 Å². The largest absolute Gasteiger partial charge is 0.252 e. The zero-order chi connectivity index (χ0) is 14.3. The molecule has 0 unspecified atom stereocenters. The Morgan fingerprint density at radius 3 is 2.16 bits per heavy atom. The van der Waals surface area contributed by atoms with E-state index in [0.717, 1.165) is 30.6 Å². The van der Waals surface area contributed by atoms with Gasteiger partial charge in [0.05, 0.1) is 5.88 Å². The normalized spacial score (nSPS) is 12.2. The Morgan fingerprint density at radius 1 is 1.16 bits per heavy atom. The molecule has 0 saturated carbocycles. The van der Waals surface area contributed by atoms with Gasteiger partial charge in [-0.1, -0.05) is 26.7 Å². The first-order valence-electron chi connectivity index (χ1n) is 6.71. The smallest absolute Gasteiger partial charge is 0.206 e. The van der Waals surface area contributed by atoms with Crippen LogP contribution in [0.5, 0.6) is 0 Å². The highest BCUT2D eigenvalue weighted by molar-refractivity contribution is 7.91. The van der Waals surface area contributed by atoms with Crippen molar-refractivity contribution in [2.24, 2.45) is 0 Å². The zero-order valence-electron chi connectivity index (χ0n) is 11.6. The van der Waals surface area contributed by atoms with E-state index in [4.69, 9.17) is 11.6 Å². The molecule has 0 aromatic carbocycles. The third-order valence-corrected chi connectivity index (χ3v) is 6.78. The van der Waals surface area contributed by atoms with Gasteiger partial charge in [0.2, 0.25) is 0 Å². The van der Waals surface area contributed by atoms with Crippen molar-refractivity contribution >= 4 is 33.0 Å². The van der Waals surface area contributed by atoms with Crippen molar-refractivity contribution in [3.05, 3.63) is 17.0 Å². The van der Waals surface area contributed by atoms with Gasteiger partial charge < -0.3 is 0 Å². The van der Waals surface area contributed by atoms with E-state index in [1.165, 1.54) is 11.3 Å². The molecular weight excluding hydrogens is 302 g/mol. The third kappa shape index (κ3) is 4.74.